The van der Waals surface area contributed by atoms with E-state index >= 15 is 0 Å². The summed E-state index contributed by atoms with van der Waals surface area (Å²) in [6, 6.07) is 9.93. The summed E-state index contributed by atoms with van der Waals surface area (Å²) in [6.45, 7) is 0.614. The minimum absolute atomic E-state index is 0.558. The van der Waals surface area contributed by atoms with Crippen molar-refractivity contribution < 1.29 is 28.2 Å². The first-order chi connectivity index (χ1) is 17.1. The molecule has 0 atom stereocenters. The molecule has 0 saturated carbocycles. The maximum atomic E-state index is 5.66. The van der Waals surface area contributed by atoms with E-state index in [0.29, 0.717) is 35.3 Å². The van der Waals surface area contributed by atoms with Gasteiger partial charge < -0.3 is 32.8 Å². The second-order valence-corrected chi connectivity index (χ2v) is 8.28. The van der Waals surface area contributed by atoms with Crippen LogP contribution in [0.4, 0.5) is 0 Å². The molecule has 0 aliphatic heterocycles. The lowest BCUT2D eigenvalue weighted by molar-refractivity contribution is 0.324. The summed E-state index contributed by atoms with van der Waals surface area (Å²) < 4.78 is 35.7. The van der Waals surface area contributed by atoms with Crippen molar-refractivity contribution in [3.63, 3.8) is 0 Å². The van der Waals surface area contributed by atoms with E-state index in [0.717, 1.165) is 46.5 Å². The van der Waals surface area contributed by atoms with E-state index < -0.39 is 0 Å². The lowest BCUT2D eigenvalue weighted by Crippen LogP contribution is -2.05. The number of methoxy groups -OCH3 is 5. The van der Waals surface area contributed by atoms with Crippen LogP contribution in [0.15, 0.2) is 47.2 Å². The highest BCUT2D eigenvalue weighted by atomic mass is 16.5. The van der Waals surface area contributed by atoms with Gasteiger partial charge in [-0.05, 0) is 48.2 Å². The fourth-order valence-corrected chi connectivity index (χ4v) is 4.83. The predicted molar refractivity (Wildman–Crippen MR) is 131 cm³/mol. The van der Waals surface area contributed by atoms with Crippen LogP contribution < -0.4 is 23.7 Å². The van der Waals surface area contributed by atoms with Crippen molar-refractivity contribution in [2.45, 2.75) is 19.4 Å². The van der Waals surface area contributed by atoms with Crippen molar-refractivity contribution in [3.8, 4) is 51.3 Å². The van der Waals surface area contributed by atoms with Gasteiger partial charge in [-0.15, -0.1) is 0 Å². The molecule has 0 unspecified atom stereocenters. The standard InChI is InChI=1S/C27H28N2O6/c1-30-21-9-6-16(10-22(21)31-2)14-29-15-20-19(8-7-17-13-28-35-26(17)20)25(29)18-11-23(32-3)27(34-5)24(12-18)33-4/h6,9-13,15H,7-8,14H2,1-5H3. The van der Waals surface area contributed by atoms with Crippen LogP contribution in [0.1, 0.15) is 16.7 Å². The summed E-state index contributed by atoms with van der Waals surface area (Å²) in [6.07, 6.45) is 5.68. The van der Waals surface area contributed by atoms with Crippen LogP contribution in [0, 0.1) is 0 Å². The second kappa shape index (κ2) is 9.29. The minimum atomic E-state index is 0.558. The zero-order chi connectivity index (χ0) is 24.5. The van der Waals surface area contributed by atoms with Crippen LogP contribution in [-0.4, -0.2) is 45.3 Å². The molecule has 0 radical (unpaired) electrons. The van der Waals surface area contributed by atoms with Gasteiger partial charge in [0, 0.05) is 29.4 Å². The summed E-state index contributed by atoms with van der Waals surface area (Å²) in [5.74, 6) is 3.97. The van der Waals surface area contributed by atoms with Crippen LogP contribution in [-0.2, 0) is 19.4 Å². The van der Waals surface area contributed by atoms with Crippen LogP contribution in [0.25, 0.3) is 22.6 Å². The third-order valence-electron chi connectivity index (χ3n) is 6.46. The highest BCUT2D eigenvalue weighted by molar-refractivity contribution is 5.80. The molecule has 8 nitrogen and oxygen atoms in total. The summed E-state index contributed by atoms with van der Waals surface area (Å²) in [5.41, 5.74) is 6.47. The highest BCUT2D eigenvalue weighted by Crippen LogP contribution is 2.46. The van der Waals surface area contributed by atoms with Crippen LogP contribution >= 0.6 is 0 Å². The molecule has 5 rings (SSSR count). The lowest BCUT2D eigenvalue weighted by atomic mass is 9.91. The third kappa shape index (κ3) is 3.84. The molecule has 35 heavy (non-hydrogen) atoms. The molecule has 0 fully saturated rings. The molecule has 1 aliphatic carbocycles. The minimum Gasteiger partial charge on any atom is -0.493 e. The average Bonchev–Trinajstić information content (AvgIpc) is 3.51. The lowest BCUT2D eigenvalue weighted by Gasteiger charge is -2.18. The Morgan fingerprint density at radius 2 is 1.54 bits per heavy atom. The van der Waals surface area contributed by atoms with E-state index in [9.17, 15) is 0 Å². The van der Waals surface area contributed by atoms with E-state index in [1.807, 2.05) is 36.5 Å². The topological polar surface area (TPSA) is 77.1 Å². The number of hydrogen-bond donors (Lipinski definition) is 0. The summed E-state index contributed by atoms with van der Waals surface area (Å²) >= 11 is 0. The number of nitrogens with zero attached hydrogens (tertiary/aromatic N) is 2. The Balaban J connectivity index is 1.69. The SMILES string of the molecule is COc1ccc(Cn2cc3c(c2-c2cc(OC)c(OC)c(OC)c2)CCc2cnoc2-3)cc1OC. The molecule has 4 aromatic rings. The largest absolute Gasteiger partial charge is 0.493 e. The van der Waals surface area contributed by atoms with Crippen molar-refractivity contribution in [1.82, 2.24) is 9.72 Å². The van der Waals surface area contributed by atoms with Gasteiger partial charge in [0.05, 0.1) is 47.4 Å². The second-order valence-electron chi connectivity index (χ2n) is 8.28. The number of aryl methyl sites for hydroxylation is 1. The molecular weight excluding hydrogens is 448 g/mol. The summed E-state index contributed by atoms with van der Waals surface area (Å²) in [5, 5.41) is 4.05. The fraction of sp³-hybridized carbons (Fsp3) is 0.296. The predicted octanol–water partition coefficient (Wildman–Crippen LogP) is 5.00. The van der Waals surface area contributed by atoms with Crippen LogP contribution in [0.3, 0.4) is 0 Å². The Bertz CT molecular complexity index is 1350. The van der Waals surface area contributed by atoms with Gasteiger partial charge in [0.15, 0.2) is 28.8 Å². The van der Waals surface area contributed by atoms with Gasteiger partial charge in [-0.3, -0.25) is 0 Å². The van der Waals surface area contributed by atoms with Gasteiger partial charge in [0.25, 0.3) is 0 Å². The molecule has 2 aromatic carbocycles. The van der Waals surface area contributed by atoms with Gasteiger partial charge >= 0.3 is 0 Å². The average molecular weight is 477 g/mol. The Morgan fingerprint density at radius 1 is 0.829 bits per heavy atom. The highest BCUT2D eigenvalue weighted by Gasteiger charge is 2.28. The molecule has 0 bridgehead atoms. The van der Waals surface area contributed by atoms with Crippen molar-refractivity contribution in [2.75, 3.05) is 35.5 Å². The summed E-state index contributed by atoms with van der Waals surface area (Å²) in [7, 11) is 8.13. The van der Waals surface area contributed by atoms with Crippen LogP contribution in [0.5, 0.6) is 28.7 Å². The molecular formula is C27H28N2O6. The third-order valence-corrected chi connectivity index (χ3v) is 6.46. The Morgan fingerprint density at radius 3 is 2.20 bits per heavy atom. The Labute approximate surface area is 203 Å². The van der Waals surface area contributed by atoms with E-state index in [2.05, 4.69) is 15.9 Å². The van der Waals surface area contributed by atoms with Gasteiger partial charge in [-0.2, -0.15) is 0 Å². The van der Waals surface area contributed by atoms with Gasteiger partial charge in [0.2, 0.25) is 5.75 Å². The first-order valence-corrected chi connectivity index (χ1v) is 11.3. The first-order valence-electron chi connectivity index (χ1n) is 11.3. The molecule has 0 N–H and O–H groups in total. The molecule has 182 valence electrons. The zero-order valence-corrected chi connectivity index (χ0v) is 20.5. The number of ether oxygens (including phenoxy) is 5. The zero-order valence-electron chi connectivity index (χ0n) is 20.5. The van der Waals surface area contributed by atoms with Gasteiger partial charge in [0.1, 0.15) is 0 Å². The maximum absolute atomic E-state index is 5.66. The normalized spacial score (nSPS) is 12.0. The molecule has 1 aliphatic rings. The van der Waals surface area contributed by atoms with E-state index in [1.54, 1.807) is 35.5 Å². The Kier molecular flexibility index (Phi) is 6.03. The molecule has 0 spiro atoms. The van der Waals surface area contributed by atoms with Crippen molar-refractivity contribution in [1.29, 1.82) is 0 Å². The van der Waals surface area contributed by atoms with Gasteiger partial charge in [-0.1, -0.05) is 11.2 Å². The quantitative estimate of drug-likeness (QED) is 0.354. The number of rotatable bonds is 8. The summed E-state index contributed by atoms with van der Waals surface area (Å²) in [4.78, 5) is 0. The molecule has 0 amide bonds. The van der Waals surface area contributed by atoms with Crippen molar-refractivity contribution >= 4 is 0 Å². The fourth-order valence-electron chi connectivity index (χ4n) is 4.83. The first kappa shape index (κ1) is 22.7. The van der Waals surface area contributed by atoms with E-state index in [1.165, 1.54) is 5.56 Å². The van der Waals surface area contributed by atoms with Crippen LogP contribution in [0.2, 0.25) is 0 Å². The number of fused-ring (bicyclic) bond motifs is 3. The molecule has 8 heteroatoms. The monoisotopic (exact) mass is 476 g/mol. The molecule has 2 heterocycles. The number of hydrogen-bond acceptors (Lipinski definition) is 7. The molecule has 0 saturated heterocycles. The van der Waals surface area contributed by atoms with E-state index in [-0.39, 0.29) is 0 Å². The van der Waals surface area contributed by atoms with E-state index in [4.69, 9.17) is 28.2 Å². The van der Waals surface area contributed by atoms with Crippen molar-refractivity contribution in [3.05, 3.63) is 59.4 Å². The smallest absolute Gasteiger partial charge is 0.203 e. The number of aromatic nitrogens is 2. The van der Waals surface area contributed by atoms with Gasteiger partial charge in [-0.25, -0.2) is 0 Å². The molecule has 2 aromatic heterocycles. The number of benzene rings is 2. The van der Waals surface area contributed by atoms with Crippen molar-refractivity contribution in [2.24, 2.45) is 0 Å². The maximum Gasteiger partial charge on any atom is 0.203 e. The Hall–Kier alpha value is -4.07.